The second kappa shape index (κ2) is 9.35. The molecule has 0 fully saturated rings. The first-order valence-corrected chi connectivity index (χ1v) is 10.6. The first-order valence-electron chi connectivity index (χ1n) is 8.76. The standard InChI is InChI=1S/C20H25ClN2O3S/c1-15(2)12-22-20(24)14-23(13-17-6-4-16(3)5-7-17)27(25,26)19-10-8-18(21)9-11-19/h4-11,15H,12-14H2,1-3H3,(H,22,24). The van der Waals surface area contributed by atoms with Crippen LogP contribution in [-0.2, 0) is 21.4 Å². The second-order valence-corrected chi connectivity index (χ2v) is 9.28. The van der Waals surface area contributed by atoms with E-state index >= 15 is 0 Å². The predicted molar refractivity (Wildman–Crippen MR) is 108 cm³/mol. The van der Waals surface area contributed by atoms with Crippen LogP contribution in [0.1, 0.15) is 25.0 Å². The molecule has 2 aromatic rings. The van der Waals surface area contributed by atoms with Crippen molar-refractivity contribution in [2.24, 2.45) is 5.92 Å². The summed E-state index contributed by atoms with van der Waals surface area (Å²) in [6.07, 6.45) is 0. The molecule has 0 spiro atoms. The molecule has 0 aromatic heterocycles. The molecule has 0 heterocycles. The van der Waals surface area contributed by atoms with E-state index < -0.39 is 10.0 Å². The summed E-state index contributed by atoms with van der Waals surface area (Å²) in [6.45, 7) is 6.29. The number of aryl methyl sites for hydroxylation is 1. The monoisotopic (exact) mass is 408 g/mol. The van der Waals surface area contributed by atoms with Gasteiger partial charge in [-0.1, -0.05) is 55.3 Å². The third-order valence-electron chi connectivity index (χ3n) is 3.96. The molecule has 0 saturated heterocycles. The van der Waals surface area contributed by atoms with Crippen molar-refractivity contribution in [3.63, 3.8) is 0 Å². The molecule has 0 aliphatic carbocycles. The minimum Gasteiger partial charge on any atom is -0.355 e. The van der Waals surface area contributed by atoms with Gasteiger partial charge in [-0.25, -0.2) is 8.42 Å². The molecule has 0 radical (unpaired) electrons. The Hall–Kier alpha value is -1.89. The molecular formula is C20H25ClN2O3S. The van der Waals surface area contributed by atoms with Crippen LogP contribution >= 0.6 is 11.6 Å². The maximum Gasteiger partial charge on any atom is 0.243 e. The fourth-order valence-electron chi connectivity index (χ4n) is 2.41. The highest BCUT2D eigenvalue weighted by atomic mass is 35.5. The summed E-state index contributed by atoms with van der Waals surface area (Å²) in [5.74, 6) is -0.0410. The molecule has 0 unspecified atom stereocenters. The number of halogens is 1. The van der Waals surface area contributed by atoms with Crippen molar-refractivity contribution in [3.8, 4) is 0 Å². The topological polar surface area (TPSA) is 66.5 Å². The van der Waals surface area contributed by atoms with Crippen LogP contribution in [0, 0.1) is 12.8 Å². The fraction of sp³-hybridized carbons (Fsp3) is 0.350. The summed E-state index contributed by atoms with van der Waals surface area (Å²) < 4.78 is 27.4. The first kappa shape index (κ1) is 21.4. The number of amides is 1. The van der Waals surface area contributed by atoms with Gasteiger partial charge < -0.3 is 5.32 Å². The van der Waals surface area contributed by atoms with E-state index in [-0.39, 0.29) is 29.8 Å². The largest absolute Gasteiger partial charge is 0.355 e. The van der Waals surface area contributed by atoms with Gasteiger partial charge in [0.05, 0.1) is 11.4 Å². The van der Waals surface area contributed by atoms with E-state index in [1.54, 1.807) is 0 Å². The lowest BCUT2D eigenvalue weighted by Crippen LogP contribution is -2.41. The van der Waals surface area contributed by atoms with Gasteiger partial charge in [0, 0.05) is 18.1 Å². The van der Waals surface area contributed by atoms with Crippen molar-refractivity contribution in [2.75, 3.05) is 13.1 Å². The summed E-state index contributed by atoms with van der Waals surface area (Å²) in [4.78, 5) is 12.4. The fourth-order valence-corrected chi connectivity index (χ4v) is 3.92. The number of nitrogens with zero attached hydrogens (tertiary/aromatic N) is 1. The van der Waals surface area contributed by atoms with Gasteiger partial charge in [-0.2, -0.15) is 4.31 Å². The highest BCUT2D eigenvalue weighted by Gasteiger charge is 2.27. The lowest BCUT2D eigenvalue weighted by Gasteiger charge is -2.22. The third kappa shape index (κ3) is 6.34. The number of carbonyl (C=O) groups is 1. The van der Waals surface area contributed by atoms with Crippen molar-refractivity contribution < 1.29 is 13.2 Å². The zero-order chi connectivity index (χ0) is 20.0. The van der Waals surface area contributed by atoms with Crippen molar-refractivity contribution in [1.82, 2.24) is 9.62 Å². The molecule has 5 nitrogen and oxygen atoms in total. The second-order valence-electron chi connectivity index (χ2n) is 6.91. The third-order valence-corrected chi connectivity index (χ3v) is 6.02. The molecule has 0 bridgehead atoms. The maximum absolute atomic E-state index is 13.1. The van der Waals surface area contributed by atoms with Crippen LogP contribution in [-0.4, -0.2) is 31.7 Å². The lowest BCUT2D eigenvalue weighted by molar-refractivity contribution is -0.121. The Morgan fingerprint density at radius 2 is 1.67 bits per heavy atom. The number of sulfonamides is 1. The molecule has 2 aromatic carbocycles. The zero-order valence-electron chi connectivity index (χ0n) is 15.8. The van der Waals surface area contributed by atoms with Crippen LogP contribution in [0.3, 0.4) is 0 Å². The molecule has 2 rings (SSSR count). The first-order chi connectivity index (χ1) is 12.7. The molecule has 0 atom stereocenters. The van der Waals surface area contributed by atoms with Crippen LogP contribution in [0.5, 0.6) is 0 Å². The molecular weight excluding hydrogens is 384 g/mol. The summed E-state index contributed by atoms with van der Waals surface area (Å²) in [5, 5.41) is 3.23. The number of rotatable bonds is 8. The maximum atomic E-state index is 13.1. The van der Waals surface area contributed by atoms with Gasteiger partial charge in [0.15, 0.2) is 0 Å². The molecule has 1 N–H and O–H groups in total. The zero-order valence-corrected chi connectivity index (χ0v) is 17.3. The van der Waals surface area contributed by atoms with Crippen LogP contribution in [0.2, 0.25) is 5.02 Å². The van der Waals surface area contributed by atoms with Crippen molar-refractivity contribution >= 4 is 27.5 Å². The Bertz CT molecular complexity index is 863. The molecule has 0 aliphatic heterocycles. The van der Waals surface area contributed by atoms with Gasteiger partial charge in [0.1, 0.15) is 0 Å². The highest BCUT2D eigenvalue weighted by Crippen LogP contribution is 2.20. The van der Waals surface area contributed by atoms with Crippen molar-refractivity contribution in [2.45, 2.75) is 32.2 Å². The Morgan fingerprint density at radius 3 is 2.22 bits per heavy atom. The average molecular weight is 409 g/mol. The van der Waals surface area contributed by atoms with Crippen molar-refractivity contribution in [1.29, 1.82) is 0 Å². The molecule has 1 amide bonds. The summed E-state index contributed by atoms with van der Waals surface area (Å²) >= 11 is 5.87. The van der Waals surface area contributed by atoms with E-state index in [1.165, 1.54) is 28.6 Å². The molecule has 7 heteroatoms. The van der Waals surface area contributed by atoms with Gasteiger partial charge >= 0.3 is 0 Å². The highest BCUT2D eigenvalue weighted by molar-refractivity contribution is 7.89. The van der Waals surface area contributed by atoms with Crippen LogP contribution in [0.15, 0.2) is 53.4 Å². The SMILES string of the molecule is Cc1ccc(CN(CC(=O)NCC(C)C)S(=O)(=O)c2ccc(Cl)cc2)cc1. The molecule has 27 heavy (non-hydrogen) atoms. The van der Waals surface area contributed by atoms with E-state index in [0.29, 0.717) is 11.6 Å². The number of hydrogen-bond donors (Lipinski definition) is 1. The normalized spacial score (nSPS) is 11.8. The average Bonchev–Trinajstić information content (AvgIpc) is 2.61. The smallest absolute Gasteiger partial charge is 0.243 e. The van der Waals surface area contributed by atoms with E-state index in [1.807, 2.05) is 45.0 Å². The van der Waals surface area contributed by atoms with E-state index in [9.17, 15) is 13.2 Å². The quantitative estimate of drug-likeness (QED) is 0.725. The number of hydrogen-bond acceptors (Lipinski definition) is 3. The minimum atomic E-state index is -3.85. The van der Waals surface area contributed by atoms with Gasteiger partial charge in [0.2, 0.25) is 15.9 Å². The molecule has 146 valence electrons. The minimum absolute atomic E-state index is 0.107. The predicted octanol–water partition coefficient (Wildman–Crippen LogP) is 3.61. The van der Waals surface area contributed by atoms with Crippen molar-refractivity contribution in [3.05, 3.63) is 64.7 Å². The summed E-state index contributed by atoms with van der Waals surface area (Å²) in [7, 11) is -3.85. The molecule has 0 saturated carbocycles. The Morgan fingerprint density at radius 1 is 1.07 bits per heavy atom. The van der Waals surface area contributed by atoms with Gasteiger partial charge in [-0.05, 0) is 42.7 Å². The number of carbonyl (C=O) groups excluding carboxylic acids is 1. The van der Waals surface area contributed by atoms with E-state index in [0.717, 1.165) is 11.1 Å². The molecule has 0 aliphatic rings. The van der Waals surface area contributed by atoms with Crippen LogP contribution in [0.4, 0.5) is 0 Å². The Kier molecular flexibility index (Phi) is 7.41. The Labute approximate surface area is 166 Å². The summed E-state index contributed by atoms with van der Waals surface area (Å²) in [6, 6.07) is 13.5. The van der Waals surface area contributed by atoms with Gasteiger partial charge in [-0.15, -0.1) is 0 Å². The number of nitrogens with one attached hydrogen (secondary N) is 1. The number of benzene rings is 2. The van der Waals surface area contributed by atoms with Crippen LogP contribution < -0.4 is 5.32 Å². The summed E-state index contributed by atoms with van der Waals surface area (Å²) in [5.41, 5.74) is 1.90. The van der Waals surface area contributed by atoms with E-state index in [4.69, 9.17) is 11.6 Å². The van der Waals surface area contributed by atoms with Crippen LogP contribution in [0.25, 0.3) is 0 Å². The van der Waals surface area contributed by atoms with Gasteiger partial charge in [-0.3, -0.25) is 4.79 Å². The van der Waals surface area contributed by atoms with E-state index in [2.05, 4.69) is 5.32 Å². The lowest BCUT2D eigenvalue weighted by atomic mass is 10.1. The van der Waals surface area contributed by atoms with Gasteiger partial charge in [0.25, 0.3) is 0 Å². The Balaban J connectivity index is 2.28.